The van der Waals surface area contributed by atoms with E-state index in [0.717, 1.165) is 30.2 Å². The van der Waals surface area contributed by atoms with Crippen LogP contribution in [0.4, 0.5) is 0 Å². The molecule has 1 saturated carbocycles. The van der Waals surface area contributed by atoms with Gasteiger partial charge in [0, 0.05) is 16.5 Å². The second-order valence-corrected chi connectivity index (χ2v) is 6.33. The molecule has 0 saturated heterocycles. The van der Waals surface area contributed by atoms with Crippen molar-refractivity contribution in [3.05, 3.63) is 41.0 Å². The van der Waals surface area contributed by atoms with E-state index >= 15 is 0 Å². The topological polar surface area (TPSA) is 68.0 Å². The predicted molar refractivity (Wildman–Crippen MR) is 89.0 cm³/mol. The lowest BCUT2D eigenvalue weighted by molar-refractivity contribution is 0.0903. The van der Waals surface area contributed by atoms with Crippen molar-refractivity contribution >= 4 is 28.4 Å². The first-order chi connectivity index (χ1) is 10.7. The van der Waals surface area contributed by atoms with E-state index in [4.69, 9.17) is 17.3 Å². The van der Waals surface area contributed by atoms with Gasteiger partial charge in [-0.2, -0.15) is 0 Å². The molecule has 1 heterocycles. The van der Waals surface area contributed by atoms with E-state index in [0.29, 0.717) is 23.2 Å². The molecule has 0 radical (unpaired) electrons. The van der Waals surface area contributed by atoms with Gasteiger partial charge in [0.25, 0.3) is 5.91 Å². The number of hydrogen-bond acceptors (Lipinski definition) is 3. The largest absolute Gasteiger partial charge is 0.348 e. The summed E-state index contributed by atoms with van der Waals surface area (Å²) in [6.45, 7) is 0.617. The lowest BCUT2D eigenvalue weighted by Gasteiger charge is -2.31. The van der Waals surface area contributed by atoms with Gasteiger partial charge < -0.3 is 11.1 Å². The summed E-state index contributed by atoms with van der Waals surface area (Å²) in [5, 5.41) is 4.69. The minimum Gasteiger partial charge on any atom is -0.348 e. The summed E-state index contributed by atoms with van der Waals surface area (Å²) in [5.74, 6) is 0.236. The Morgan fingerprint density at radius 3 is 2.86 bits per heavy atom. The molecule has 1 aromatic carbocycles. The maximum atomic E-state index is 12.5. The first-order valence-corrected chi connectivity index (χ1v) is 8.12. The highest BCUT2D eigenvalue weighted by Crippen LogP contribution is 2.24. The maximum Gasteiger partial charge on any atom is 0.270 e. The number of fused-ring (bicyclic) bond motifs is 1. The highest BCUT2D eigenvalue weighted by molar-refractivity contribution is 6.31. The molecule has 0 bridgehead atoms. The average molecular weight is 318 g/mol. The molecule has 2 aromatic rings. The molecule has 1 aliphatic rings. The van der Waals surface area contributed by atoms with Gasteiger partial charge in [0.15, 0.2) is 0 Å². The van der Waals surface area contributed by atoms with Gasteiger partial charge in [0.1, 0.15) is 5.69 Å². The van der Waals surface area contributed by atoms with Gasteiger partial charge >= 0.3 is 0 Å². The third kappa shape index (κ3) is 3.23. The second kappa shape index (κ2) is 6.63. The molecule has 116 valence electrons. The van der Waals surface area contributed by atoms with Crippen LogP contribution in [0.25, 0.3) is 10.9 Å². The summed E-state index contributed by atoms with van der Waals surface area (Å²) in [4.78, 5) is 16.9. The van der Waals surface area contributed by atoms with Crippen LogP contribution in [0, 0.1) is 5.92 Å². The van der Waals surface area contributed by atoms with Crippen LogP contribution in [-0.4, -0.2) is 23.5 Å². The number of nitrogens with two attached hydrogens (primary N) is 1. The number of rotatable bonds is 3. The number of carbonyl (C=O) groups excluding carboxylic acids is 1. The van der Waals surface area contributed by atoms with Crippen LogP contribution in [0.3, 0.4) is 0 Å². The van der Waals surface area contributed by atoms with Crippen molar-refractivity contribution in [1.82, 2.24) is 10.3 Å². The summed E-state index contributed by atoms with van der Waals surface area (Å²) >= 11 is 5.99. The highest BCUT2D eigenvalue weighted by atomic mass is 35.5. The lowest BCUT2D eigenvalue weighted by Crippen LogP contribution is -2.44. The van der Waals surface area contributed by atoms with Crippen LogP contribution in [0.2, 0.25) is 5.02 Å². The van der Waals surface area contributed by atoms with Gasteiger partial charge in [-0.1, -0.05) is 36.6 Å². The van der Waals surface area contributed by atoms with Gasteiger partial charge in [0.2, 0.25) is 0 Å². The zero-order chi connectivity index (χ0) is 15.5. The molecular weight excluding hydrogens is 298 g/mol. The number of halogens is 1. The standard InChI is InChI=1S/C17H20ClN3O/c18-13-7-5-11-6-8-15(20-16(11)9-13)17(22)21-14-4-2-1-3-12(14)10-19/h5-9,12,14H,1-4,10,19H2,(H,21,22). The van der Waals surface area contributed by atoms with Gasteiger partial charge in [-0.05, 0) is 43.5 Å². The van der Waals surface area contributed by atoms with Gasteiger partial charge in [-0.15, -0.1) is 0 Å². The van der Waals surface area contributed by atoms with Crippen molar-refractivity contribution in [2.24, 2.45) is 11.7 Å². The van der Waals surface area contributed by atoms with E-state index in [9.17, 15) is 4.79 Å². The summed E-state index contributed by atoms with van der Waals surface area (Å²) in [6, 6.07) is 9.30. The fourth-order valence-electron chi connectivity index (χ4n) is 3.14. The van der Waals surface area contributed by atoms with Crippen LogP contribution in [-0.2, 0) is 0 Å². The molecule has 4 nitrogen and oxygen atoms in total. The Morgan fingerprint density at radius 1 is 1.27 bits per heavy atom. The molecule has 3 N–H and O–H groups in total. The Labute approximate surface area is 135 Å². The van der Waals surface area contributed by atoms with Crippen molar-refractivity contribution in [3.8, 4) is 0 Å². The number of nitrogens with zero attached hydrogens (tertiary/aromatic N) is 1. The second-order valence-electron chi connectivity index (χ2n) is 5.89. The third-order valence-corrected chi connectivity index (χ3v) is 4.65. The highest BCUT2D eigenvalue weighted by Gasteiger charge is 2.26. The molecule has 0 spiro atoms. The van der Waals surface area contributed by atoms with Crippen LogP contribution in [0.15, 0.2) is 30.3 Å². The molecule has 1 fully saturated rings. The van der Waals surface area contributed by atoms with Gasteiger partial charge in [0.05, 0.1) is 5.52 Å². The molecule has 22 heavy (non-hydrogen) atoms. The monoisotopic (exact) mass is 317 g/mol. The summed E-state index contributed by atoms with van der Waals surface area (Å²) in [7, 11) is 0. The molecule has 1 aromatic heterocycles. The average Bonchev–Trinajstić information content (AvgIpc) is 2.54. The minimum atomic E-state index is -0.132. The Balaban J connectivity index is 1.79. The number of aromatic nitrogens is 1. The maximum absolute atomic E-state index is 12.5. The van der Waals surface area contributed by atoms with Crippen LogP contribution >= 0.6 is 11.6 Å². The first kappa shape index (κ1) is 15.3. The van der Waals surface area contributed by atoms with E-state index in [1.54, 1.807) is 12.1 Å². The van der Waals surface area contributed by atoms with Gasteiger partial charge in [-0.25, -0.2) is 4.98 Å². The number of nitrogens with one attached hydrogen (secondary N) is 1. The minimum absolute atomic E-state index is 0.132. The molecule has 0 aliphatic heterocycles. The van der Waals surface area contributed by atoms with E-state index in [1.807, 2.05) is 18.2 Å². The molecule has 2 unspecified atom stereocenters. The fraction of sp³-hybridized carbons (Fsp3) is 0.412. The number of carbonyl (C=O) groups is 1. The van der Waals surface area contributed by atoms with Crippen molar-refractivity contribution in [2.75, 3.05) is 6.54 Å². The van der Waals surface area contributed by atoms with Crippen molar-refractivity contribution in [1.29, 1.82) is 0 Å². The van der Waals surface area contributed by atoms with Crippen molar-refractivity contribution in [2.45, 2.75) is 31.7 Å². The number of hydrogen-bond donors (Lipinski definition) is 2. The SMILES string of the molecule is NCC1CCCCC1NC(=O)c1ccc2ccc(Cl)cc2n1. The zero-order valence-electron chi connectivity index (χ0n) is 12.4. The van der Waals surface area contributed by atoms with Gasteiger partial charge in [-0.3, -0.25) is 4.79 Å². The van der Waals surface area contributed by atoms with Crippen LogP contribution < -0.4 is 11.1 Å². The normalized spacial score (nSPS) is 21.7. The van der Waals surface area contributed by atoms with Crippen LogP contribution in [0.5, 0.6) is 0 Å². The van der Waals surface area contributed by atoms with Crippen molar-refractivity contribution in [3.63, 3.8) is 0 Å². The number of amides is 1. The van der Waals surface area contributed by atoms with E-state index < -0.39 is 0 Å². The van der Waals surface area contributed by atoms with E-state index in [-0.39, 0.29) is 11.9 Å². The van der Waals surface area contributed by atoms with E-state index in [1.165, 1.54) is 6.42 Å². The molecular formula is C17H20ClN3O. The lowest BCUT2D eigenvalue weighted by atomic mass is 9.84. The zero-order valence-corrected chi connectivity index (χ0v) is 13.1. The predicted octanol–water partition coefficient (Wildman–Crippen LogP) is 3.14. The fourth-order valence-corrected chi connectivity index (χ4v) is 3.31. The molecule has 3 rings (SSSR count). The smallest absolute Gasteiger partial charge is 0.270 e. The Morgan fingerprint density at radius 2 is 2.05 bits per heavy atom. The molecule has 2 atom stereocenters. The van der Waals surface area contributed by atoms with Crippen molar-refractivity contribution < 1.29 is 4.79 Å². The summed E-state index contributed by atoms with van der Waals surface area (Å²) < 4.78 is 0. The molecule has 5 heteroatoms. The number of benzene rings is 1. The van der Waals surface area contributed by atoms with Crippen LogP contribution in [0.1, 0.15) is 36.2 Å². The Bertz CT molecular complexity index is 689. The number of pyridine rings is 1. The molecule has 1 amide bonds. The first-order valence-electron chi connectivity index (χ1n) is 7.74. The Kier molecular flexibility index (Phi) is 4.60. The third-order valence-electron chi connectivity index (χ3n) is 4.42. The summed E-state index contributed by atoms with van der Waals surface area (Å²) in [6.07, 6.45) is 4.42. The Hall–Kier alpha value is -1.65. The summed E-state index contributed by atoms with van der Waals surface area (Å²) in [5.41, 5.74) is 6.98. The molecule has 1 aliphatic carbocycles. The van der Waals surface area contributed by atoms with E-state index in [2.05, 4.69) is 10.3 Å². The quantitative estimate of drug-likeness (QED) is 0.913.